The number of piperidine rings is 1. The minimum Gasteiger partial charge on any atom is -0.329 e. The lowest BCUT2D eigenvalue weighted by atomic mass is 10.1. The molecule has 0 aromatic heterocycles. The van der Waals surface area contributed by atoms with E-state index in [1.54, 1.807) is 8.61 Å². The predicted molar refractivity (Wildman–Crippen MR) is 77.0 cm³/mol. The van der Waals surface area contributed by atoms with Crippen molar-refractivity contribution in [1.29, 1.82) is 0 Å². The summed E-state index contributed by atoms with van der Waals surface area (Å²) in [7, 11) is -3.30. The van der Waals surface area contributed by atoms with Crippen LogP contribution < -0.4 is 5.73 Å². The minimum atomic E-state index is -3.30. The molecular weight excluding hydrogens is 262 g/mol. The molecule has 2 fully saturated rings. The molecule has 0 saturated carbocycles. The number of nitrogens with zero attached hydrogens (tertiary/aromatic N) is 2. The molecule has 2 aliphatic rings. The molecule has 112 valence electrons. The van der Waals surface area contributed by atoms with E-state index >= 15 is 0 Å². The van der Waals surface area contributed by atoms with Gasteiger partial charge >= 0.3 is 0 Å². The topological polar surface area (TPSA) is 66.6 Å². The maximum Gasteiger partial charge on any atom is 0.282 e. The van der Waals surface area contributed by atoms with E-state index in [4.69, 9.17) is 5.73 Å². The molecule has 19 heavy (non-hydrogen) atoms. The van der Waals surface area contributed by atoms with Crippen LogP contribution in [-0.4, -0.2) is 49.2 Å². The van der Waals surface area contributed by atoms with Crippen molar-refractivity contribution in [3.8, 4) is 0 Å². The van der Waals surface area contributed by atoms with Crippen molar-refractivity contribution >= 4 is 10.2 Å². The van der Waals surface area contributed by atoms with Crippen LogP contribution in [-0.2, 0) is 10.2 Å². The van der Waals surface area contributed by atoms with Crippen molar-refractivity contribution in [2.45, 2.75) is 57.4 Å². The second kappa shape index (κ2) is 7.02. The molecule has 2 rings (SSSR count). The molecule has 0 radical (unpaired) electrons. The zero-order chi connectivity index (χ0) is 13.7. The maximum atomic E-state index is 12.8. The van der Waals surface area contributed by atoms with Gasteiger partial charge in [0.25, 0.3) is 10.2 Å². The van der Waals surface area contributed by atoms with Gasteiger partial charge in [0.15, 0.2) is 0 Å². The summed E-state index contributed by atoms with van der Waals surface area (Å²) in [6.45, 7) is 2.43. The molecule has 0 aliphatic carbocycles. The van der Waals surface area contributed by atoms with Crippen molar-refractivity contribution < 1.29 is 8.42 Å². The van der Waals surface area contributed by atoms with Crippen LogP contribution in [0.4, 0.5) is 0 Å². The molecule has 2 N–H and O–H groups in total. The van der Waals surface area contributed by atoms with E-state index < -0.39 is 10.2 Å². The second-order valence-corrected chi connectivity index (χ2v) is 7.55. The Morgan fingerprint density at radius 3 is 2.11 bits per heavy atom. The van der Waals surface area contributed by atoms with E-state index in [0.29, 0.717) is 26.2 Å². The van der Waals surface area contributed by atoms with E-state index in [2.05, 4.69) is 0 Å². The summed E-state index contributed by atoms with van der Waals surface area (Å²) >= 11 is 0. The summed E-state index contributed by atoms with van der Waals surface area (Å²) in [6, 6.07) is 0.00388. The van der Waals surface area contributed by atoms with E-state index in [-0.39, 0.29) is 6.04 Å². The van der Waals surface area contributed by atoms with Crippen LogP contribution in [0.1, 0.15) is 51.4 Å². The first-order valence-electron chi connectivity index (χ1n) is 7.63. The van der Waals surface area contributed by atoms with Crippen LogP contribution in [0.5, 0.6) is 0 Å². The number of hydrogen-bond donors (Lipinski definition) is 1. The molecule has 2 aliphatic heterocycles. The van der Waals surface area contributed by atoms with Crippen LogP contribution in [0.2, 0.25) is 0 Å². The Bertz CT molecular complexity index is 364. The SMILES string of the molecule is NCC1CCCCN1S(=O)(=O)N1CCCCCCC1. The fraction of sp³-hybridized carbons (Fsp3) is 1.00. The minimum absolute atomic E-state index is 0.00388. The number of rotatable bonds is 3. The first kappa shape index (κ1) is 15.2. The normalized spacial score (nSPS) is 28.8. The Morgan fingerprint density at radius 2 is 1.47 bits per heavy atom. The second-order valence-electron chi connectivity index (χ2n) is 5.67. The summed E-state index contributed by atoms with van der Waals surface area (Å²) < 4.78 is 28.9. The third kappa shape index (κ3) is 3.68. The Morgan fingerprint density at radius 1 is 0.895 bits per heavy atom. The van der Waals surface area contributed by atoms with Crippen molar-refractivity contribution in [2.75, 3.05) is 26.2 Å². The first-order valence-corrected chi connectivity index (χ1v) is 9.03. The molecule has 2 saturated heterocycles. The summed E-state index contributed by atoms with van der Waals surface area (Å²) in [4.78, 5) is 0. The summed E-state index contributed by atoms with van der Waals surface area (Å²) in [5.74, 6) is 0. The quantitative estimate of drug-likeness (QED) is 0.852. The van der Waals surface area contributed by atoms with E-state index in [0.717, 1.165) is 44.9 Å². The molecule has 2 heterocycles. The molecule has 6 heteroatoms. The van der Waals surface area contributed by atoms with Crippen molar-refractivity contribution in [3.05, 3.63) is 0 Å². The highest BCUT2D eigenvalue weighted by molar-refractivity contribution is 7.86. The molecular formula is C13H27N3O2S. The Labute approximate surface area is 117 Å². The highest BCUT2D eigenvalue weighted by Crippen LogP contribution is 2.23. The van der Waals surface area contributed by atoms with Gasteiger partial charge < -0.3 is 5.73 Å². The molecule has 0 bridgehead atoms. The third-order valence-electron chi connectivity index (χ3n) is 4.28. The van der Waals surface area contributed by atoms with Gasteiger partial charge in [0.1, 0.15) is 0 Å². The van der Waals surface area contributed by atoms with Crippen molar-refractivity contribution in [3.63, 3.8) is 0 Å². The molecule has 1 atom stereocenters. The van der Waals surface area contributed by atoms with Gasteiger partial charge in [-0.15, -0.1) is 0 Å². The van der Waals surface area contributed by atoms with Crippen LogP contribution >= 0.6 is 0 Å². The molecule has 5 nitrogen and oxygen atoms in total. The highest BCUT2D eigenvalue weighted by atomic mass is 32.2. The van der Waals surface area contributed by atoms with E-state index in [9.17, 15) is 8.42 Å². The van der Waals surface area contributed by atoms with Gasteiger partial charge in [-0.2, -0.15) is 17.0 Å². The van der Waals surface area contributed by atoms with E-state index in [1.165, 1.54) is 6.42 Å². The number of hydrogen-bond acceptors (Lipinski definition) is 3. The van der Waals surface area contributed by atoms with Gasteiger partial charge in [-0.1, -0.05) is 25.7 Å². The van der Waals surface area contributed by atoms with Gasteiger partial charge in [0.2, 0.25) is 0 Å². The largest absolute Gasteiger partial charge is 0.329 e. The lowest BCUT2D eigenvalue weighted by molar-refractivity contribution is 0.231. The zero-order valence-corrected chi connectivity index (χ0v) is 12.6. The van der Waals surface area contributed by atoms with Crippen molar-refractivity contribution in [2.24, 2.45) is 5.73 Å². The fourth-order valence-corrected chi connectivity index (χ4v) is 5.06. The van der Waals surface area contributed by atoms with Crippen LogP contribution in [0.25, 0.3) is 0 Å². The molecule has 1 unspecified atom stereocenters. The Hall–Kier alpha value is -0.170. The monoisotopic (exact) mass is 289 g/mol. The maximum absolute atomic E-state index is 12.8. The average molecular weight is 289 g/mol. The van der Waals surface area contributed by atoms with E-state index in [1.807, 2.05) is 0 Å². The first-order chi connectivity index (χ1) is 9.16. The zero-order valence-electron chi connectivity index (χ0n) is 11.8. The lowest BCUT2D eigenvalue weighted by Crippen LogP contribution is -2.53. The molecule has 0 aromatic carbocycles. The standard InChI is InChI=1S/C13H27N3O2S/c14-12-13-8-4-7-11-16(13)19(17,18)15-9-5-2-1-3-6-10-15/h13H,1-12,14H2. The van der Waals surface area contributed by atoms with Crippen LogP contribution in [0.15, 0.2) is 0 Å². The van der Waals surface area contributed by atoms with Crippen LogP contribution in [0.3, 0.4) is 0 Å². The van der Waals surface area contributed by atoms with Gasteiger partial charge in [-0.05, 0) is 25.7 Å². The smallest absolute Gasteiger partial charge is 0.282 e. The summed E-state index contributed by atoms with van der Waals surface area (Å²) in [6.07, 6.45) is 8.46. The number of nitrogens with two attached hydrogens (primary N) is 1. The molecule has 0 spiro atoms. The summed E-state index contributed by atoms with van der Waals surface area (Å²) in [5, 5.41) is 0. The molecule has 0 amide bonds. The predicted octanol–water partition coefficient (Wildman–Crippen LogP) is 1.31. The molecule has 0 aromatic rings. The van der Waals surface area contributed by atoms with Gasteiger partial charge in [0, 0.05) is 32.2 Å². The highest BCUT2D eigenvalue weighted by Gasteiger charge is 2.35. The van der Waals surface area contributed by atoms with Gasteiger partial charge in [-0.25, -0.2) is 0 Å². The third-order valence-corrected chi connectivity index (χ3v) is 6.37. The van der Waals surface area contributed by atoms with Gasteiger partial charge in [-0.3, -0.25) is 0 Å². The Balaban J connectivity index is 2.09. The average Bonchev–Trinajstić information content (AvgIpc) is 2.37. The summed E-state index contributed by atoms with van der Waals surface area (Å²) in [5.41, 5.74) is 5.75. The lowest BCUT2D eigenvalue weighted by Gasteiger charge is -2.38. The fourth-order valence-electron chi connectivity index (χ4n) is 3.11. The van der Waals surface area contributed by atoms with Crippen molar-refractivity contribution in [1.82, 2.24) is 8.61 Å². The van der Waals surface area contributed by atoms with Crippen LogP contribution in [0, 0.1) is 0 Å². The van der Waals surface area contributed by atoms with Gasteiger partial charge in [0.05, 0.1) is 0 Å². The Kier molecular flexibility index (Phi) is 5.62.